The van der Waals surface area contributed by atoms with Crippen LogP contribution >= 0.6 is 0 Å². The van der Waals surface area contributed by atoms with Crippen molar-refractivity contribution in [2.75, 3.05) is 0 Å². The molecule has 1 aromatic rings. The van der Waals surface area contributed by atoms with Gasteiger partial charge >= 0.3 is 0 Å². The van der Waals surface area contributed by atoms with Crippen molar-refractivity contribution >= 4 is 0 Å². The van der Waals surface area contributed by atoms with Crippen LogP contribution in [0.3, 0.4) is 0 Å². The summed E-state index contributed by atoms with van der Waals surface area (Å²) in [7, 11) is 0. The monoisotopic (exact) mass is 197 g/mol. The normalized spacial score (nSPS) is 12.5. The maximum atomic E-state index is 12.8. The lowest BCUT2D eigenvalue weighted by Crippen LogP contribution is -2.21. The Morgan fingerprint density at radius 3 is 2.64 bits per heavy atom. The summed E-state index contributed by atoms with van der Waals surface area (Å²) in [6.07, 6.45) is 2.91. The molecule has 14 heavy (non-hydrogen) atoms. The fourth-order valence-corrected chi connectivity index (χ4v) is 1.27. The van der Waals surface area contributed by atoms with E-state index >= 15 is 0 Å². The zero-order chi connectivity index (χ0) is 10.6. The molecule has 1 rings (SSSR count). The van der Waals surface area contributed by atoms with Gasteiger partial charge in [-0.15, -0.1) is 6.58 Å². The van der Waals surface area contributed by atoms with E-state index in [1.165, 1.54) is 6.07 Å². The Morgan fingerprint density at radius 2 is 2.07 bits per heavy atom. The maximum Gasteiger partial charge on any atom is 0.159 e. The van der Waals surface area contributed by atoms with Crippen LogP contribution in [-0.4, -0.2) is 6.04 Å². The lowest BCUT2D eigenvalue weighted by atomic mass is 10.0. The Bertz CT molecular complexity index is 323. The molecule has 0 aliphatic heterocycles. The van der Waals surface area contributed by atoms with Crippen molar-refractivity contribution in [3.8, 4) is 0 Å². The molecule has 0 spiro atoms. The molecule has 1 aromatic carbocycles. The van der Waals surface area contributed by atoms with Crippen LogP contribution in [0.5, 0.6) is 0 Å². The van der Waals surface area contributed by atoms with E-state index in [4.69, 9.17) is 5.73 Å². The Labute approximate surface area is 82.2 Å². The quantitative estimate of drug-likeness (QED) is 0.737. The first-order valence-corrected chi connectivity index (χ1v) is 4.44. The molecule has 1 nitrogen and oxygen atoms in total. The third kappa shape index (κ3) is 2.92. The molecule has 76 valence electrons. The van der Waals surface area contributed by atoms with Gasteiger partial charge in [0.25, 0.3) is 0 Å². The van der Waals surface area contributed by atoms with Crippen LogP contribution in [0.15, 0.2) is 30.9 Å². The Balaban J connectivity index is 2.67. The number of hydrogen-bond donors (Lipinski definition) is 1. The van der Waals surface area contributed by atoms with Crippen molar-refractivity contribution in [1.29, 1.82) is 0 Å². The highest BCUT2D eigenvalue weighted by Crippen LogP contribution is 2.10. The molecule has 2 N–H and O–H groups in total. The molecule has 0 aliphatic rings. The minimum Gasteiger partial charge on any atom is -0.327 e. The van der Waals surface area contributed by atoms with Crippen LogP contribution in [0.4, 0.5) is 8.78 Å². The highest BCUT2D eigenvalue weighted by molar-refractivity contribution is 5.18. The van der Waals surface area contributed by atoms with Gasteiger partial charge in [-0.1, -0.05) is 12.1 Å². The van der Waals surface area contributed by atoms with Crippen LogP contribution in [0.2, 0.25) is 0 Å². The van der Waals surface area contributed by atoms with Gasteiger partial charge in [0.05, 0.1) is 0 Å². The highest BCUT2D eigenvalue weighted by atomic mass is 19.2. The predicted molar refractivity (Wildman–Crippen MR) is 52.9 cm³/mol. The molecule has 0 amide bonds. The summed E-state index contributed by atoms with van der Waals surface area (Å²) in [5, 5.41) is 0. The molecule has 0 saturated carbocycles. The molecule has 0 fully saturated rings. The van der Waals surface area contributed by atoms with Crippen molar-refractivity contribution in [3.63, 3.8) is 0 Å². The minimum atomic E-state index is -0.828. The van der Waals surface area contributed by atoms with E-state index in [1.807, 2.05) is 0 Å². The van der Waals surface area contributed by atoms with Crippen LogP contribution in [0.25, 0.3) is 0 Å². The number of rotatable bonds is 4. The summed E-state index contributed by atoms with van der Waals surface area (Å²) in [5.41, 5.74) is 6.42. The van der Waals surface area contributed by atoms with Crippen LogP contribution in [0, 0.1) is 11.6 Å². The number of hydrogen-bond acceptors (Lipinski definition) is 1. The van der Waals surface area contributed by atoms with Crippen molar-refractivity contribution in [2.45, 2.75) is 18.9 Å². The smallest absolute Gasteiger partial charge is 0.159 e. The van der Waals surface area contributed by atoms with Crippen LogP contribution < -0.4 is 5.73 Å². The topological polar surface area (TPSA) is 26.0 Å². The fourth-order valence-electron chi connectivity index (χ4n) is 1.27. The molecule has 1 atom stereocenters. The molecular formula is C11H13F2N. The zero-order valence-corrected chi connectivity index (χ0v) is 7.84. The van der Waals surface area contributed by atoms with Gasteiger partial charge in [0.2, 0.25) is 0 Å². The van der Waals surface area contributed by atoms with Gasteiger partial charge in [-0.05, 0) is 30.5 Å². The average Bonchev–Trinajstić information content (AvgIpc) is 2.12. The first-order valence-electron chi connectivity index (χ1n) is 4.44. The third-order valence-electron chi connectivity index (χ3n) is 1.95. The van der Waals surface area contributed by atoms with Gasteiger partial charge in [0.1, 0.15) is 0 Å². The summed E-state index contributed by atoms with van der Waals surface area (Å²) in [6, 6.07) is 3.75. The summed E-state index contributed by atoms with van der Waals surface area (Å²) in [4.78, 5) is 0. The molecule has 0 heterocycles. The van der Waals surface area contributed by atoms with E-state index in [2.05, 4.69) is 6.58 Å². The summed E-state index contributed by atoms with van der Waals surface area (Å²) < 4.78 is 25.3. The Morgan fingerprint density at radius 1 is 1.36 bits per heavy atom. The summed E-state index contributed by atoms with van der Waals surface area (Å²) in [6.45, 7) is 3.56. The second-order valence-corrected chi connectivity index (χ2v) is 3.24. The van der Waals surface area contributed by atoms with E-state index in [0.29, 0.717) is 18.4 Å². The molecule has 0 saturated heterocycles. The van der Waals surface area contributed by atoms with Crippen molar-refractivity contribution in [1.82, 2.24) is 0 Å². The first-order chi connectivity index (χ1) is 6.63. The van der Waals surface area contributed by atoms with Gasteiger partial charge < -0.3 is 5.73 Å². The van der Waals surface area contributed by atoms with Gasteiger partial charge in [-0.25, -0.2) is 8.78 Å². The van der Waals surface area contributed by atoms with Crippen molar-refractivity contribution < 1.29 is 8.78 Å². The van der Waals surface area contributed by atoms with Crippen molar-refractivity contribution in [2.24, 2.45) is 5.73 Å². The van der Waals surface area contributed by atoms with E-state index in [9.17, 15) is 8.78 Å². The van der Waals surface area contributed by atoms with Gasteiger partial charge in [-0.3, -0.25) is 0 Å². The molecule has 0 bridgehead atoms. The summed E-state index contributed by atoms with van der Waals surface area (Å²) in [5.74, 6) is -1.65. The highest BCUT2D eigenvalue weighted by Gasteiger charge is 2.05. The maximum absolute atomic E-state index is 12.8. The van der Waals surface area contributed by atoms with Crippen LogP contribution in [0.1, 0.15) is 12.0 Å². The fraction of sp³-hybridized carbons (Fsp3) is 0.273. The molecule has 1 unspecified atom stereocenters. The average molecular weight is 197 g/mol. The Kier molecular flexibility index (Phi) is 3.77. The van der Waals surface area contributed by atoms with E-state index < -0.39 is 11.6 Å². The lowest BCUT2D eigenvalue weighted by Gasteiger charge is -2.08. The minimum absolute atomic E-state index is 0.0858. The van der Waals surface area contributed by atoms with Gasteiger partial charge in [0.15, 0.2) is 11.6 Å². The second kappa shape index (κ2) is 4.86. The molecule has 0 radical (unpaired) electrons. The first kappa shape index (κ1) is 10.9. The SMILES string of the molecule is C=CCC(N)Cc1ccc(F)c(F)c1. The van der Waals surface area contributed by atoms with E-state index in [-0.39, 0.29) is 6.04 Å². The van der Waals surface area contributed by atoms with E-state index in [1.54, 1.807) is 12.1 Å². The van der Waals surface area contributed by atoms with Crippen LogP contribution in [-0.2, 0) is 6.42 Å². The second-order valence-electron chi connectivity index (χ2n) is 3.24. The van der Waals surface area contributed by atoms with Crippen molar-refractivity contribution in [3.05, 3.63) is 48.1 Å². The number of halogens is 2. The third-order valence-corrected chi connectivity index (χ3v) is 1.95. The lowest BCUT2D eigenvalue weighted by molar-refractivity contribution is 0.506. The summed E-state index contributed by atoms with van der Waals surface area (Å²) >= 11 is 0. The largest absolute Gasteiger partial charge is 0.327 e. The van der Waals surface area contributed by atoms with E-state index in [0.717, 1.165) is 6.07 Å². The molecule has 0 aliphatic carbocycles. The van der Waals surface area contributed by atoms with Gasteiger partial charge in [-0.2, -0.15) is 0 Å². The molecular weight excluding hydrogens is 184 g/mol. The molecule has 3 heteroatoms. The standard InChI is InChI=1S/C11H13F2N/c1-2-3-9(14)6-8-4-5-10(12)11(13)7-8/h2,4-5,7,9H,1,3,6,14H2. The Hall–Kier alpha value is -1.22. The number of nitrogens with two attached hydrogens (primary N) is 1. The molecule has 0 aromatic heterocycles. The zero-order valence-electron chi connectivity index (χ0n) is 7.84. The number of benzene rings is 1. The van der Waals surface area contributed by atoms with Gasteiger partial charge in [0, 0.05) is 6.04 Å². The predicted octanol–water partition coefficient (Wildman–Crippen LogP) is 2.41.